The molecule has 0 radical (unpaired) electrons. The molecule has 0 saturated heterocycles. The third-order valence-electron chi connectivity index (χ3n) is 9.32. The van der Waals surface area contributed by atoms with Gasteiger partial charge >= 0.3 is 0 Å². The lowest BCUT2D eigenvalue weighted by atomic mass is 9.92. The Morgan fingerprint density at radius 1 is 0.431 bits per heavy atom. The van der Waals surface area contributed by atoms with Gasteiger partial charge in [0.25, 0.3) is 5.91 Å². The first-order chi connectivity index (χ1) is 24.8. The standard InChI is InChI=1S/C43H30N2O6/c46-34(24-11-3-1-4-12-24)23-26-19-20-31(36-35(26)39(47)27-15-7-8-16-28(27)40(36)48)44-32-21-22-33(45-43(51)25-13-5-2-6-14-25)38-37(32)41(49)29-17-9-10-18-30(29)42(38)50/h1-22,44,47-50H,23H2,(H,45,51). The Balaban J connectivity index is 1.34. The van der Waals surface area contributed by atoms with Crippen molar-refractivity contribution >= 4 is 71.8 Å². The fourth-order valence-electron chi connectivity index (χ4n) is 6.88. The summed E-state index contributed by atoms with van der Waals surface area (Å²) in [5.74, 6) is -1.03. The Morgan fingerprint density at radius 3 is 1.35 bits per heavy atom. The molecule has 0 aliphatic carbocycles. The summed E-state index contributed by atoms with van der Waals surface area (Å²) >= 11 is 0. The molecule has 8 aromatic carbocycles. The minimum absolute atomic E-state index is 0.0362. The minimum Gasteiger partial charge on any atom is -0.507 e. The summed E-state index contributed by atoms with van der Waals surface area (Å²) in [5, 5.41) is 55.8. The van der Waals surface area contributed by atoms with Crippen molar-refractivity contribution in [2.24, 2.45) is 0 Å². The highest BCUT2D eigenvalue weighted by Gasteiger charge is 2.24. The first-order valence-electron chi connectivity index (χ1n) is 16.3. The van der Waals surface area contributed by atoms with Gasteiger partial charge in [-0.2, -0.15) is 0 Å². The number of hydrogen-bond acceptors (Lipinski definition) is 7. The molecule has 0 aliphatic rings. The van der Waals surface area contributed by atoms with E-state index < -0.39 is 5.91 Å². The number of amides is 1. The number of hydrogen-bond donors (Lipinski definition) is 6. The van der Waals surface area contributed by atoms with Crippen molar-refractivity contribution in [3.63, 3.8) is 0 Å². The summed E-state index contributed by atoms with van der Waals surface area (Å²) < 4.78 is 0. The predicted molar refractivity (Wildman–Crippen MR) is 202 cm³/mol. The van der Waals surface area contributed by atoms with Crippen LogP contribution in [0.2, 0.25) is 0 Å². The van der Waals surface area contributed by atoms with Crippen LogP contribution in [0.5, 0.6) is 23.0 Å². The molecule has 0 atom stereocenters. The van der Waals surface area contributed by atoms with Gasteiger partial charge in [0.15, 0.2) is 5.78 Å². The van der Waals surface area contributed by atoms with Gasteiger partial charge in [-0.3, -0.25) is 9.59 Å². The van der Waals surface area contributed by atoms with Crippen LogP contribution in [0.25, 0.3) is 43.1 Å². The van der Waals surface area contributed by atoms with Crippen LogP contribution in [0.4, 0.5) is 17.1 Å². The summed E-state index contributed by atoms with van der Waals surface area (Å²) in [7, 11) is 0. The molecule has 51 heavy (non-hydrogen) atoms. The monoisotopic (exact) mass is 670 g/mol. The lowest BCUT2D eigenvalue weighted by Crippen LogP contribution is -2.12. The lowest BCUT2D eigenvalue weighted by molar-refractivity contribution is 0.0991. The van der Waals surface area contributed by atoms with E-state index >= 15 is 0 Å². The van der Waals surface area contributed by atoms with Gasteiger partial charge in [0.05, 0.1) is 33.2 Å². The number of rotatable bonds is 7. The first kappa shape index (κ1) is 31.2. The van der Waals surface area contributed by atoms with Crippen molar-refractivity contribution in [2.75, 3.05) is 10.6 Å². The number of carbonyl (C=O) groups excluding carboxylic acids is 2. The fraction of sp³-hybridized carbons (Fsp3) is 0.0233. The van der Waals surface area contributed by atoms with Crippen LogP contribution in [0, 0.1) is 0 Å². The van der Waals surface area contributed by atoms with Gasteiger partial charge in [-0.05, 0) is 35.9 Å². The normalized spacial score (nSPS) is 11.3. The Bertz CT molecular complexity index is 2510. The number of phenols is 4. The highest BCUT2D eigenvalue weighted by molar-refractivity contribution is 6.23. The molecule has 0 aliphatic heterocycles. The molecule has 8 nitrogen and oxygen atoms in total. The fourth-order valence-corrected chi connectivity index (χ4v) is 6.88. The molecule has 0 aromatic heterocycles. The van der Waals surface area contributed by atoms with Crippen molar-refractivity contribution < 1.29 is 30.0 Å². The highest BCUT2D eigenvalue weighted by atomic mass is 16.3. The zero-order valence-corrected chi connectivity index (χ0v) is 27.0. The van der Waals surface area contributed by atoms with Crippen LogP contribution in [0.15, 0.2) is 133 Å². The van der Waals surface area contributed by atoms with Crippen molar-refractivity contribution in [3.8, 4) is 23.0 Å². The van der Waals surface area contributed by atoms with Crippen molar-refractivity contribution in [1.29, 1.82) is 0 Å². The Morgan fingerprint density at radius 2 is 0.824 bits per heavy atom. The van der Waals surface area contributed by atoms with Gasteiger partial charge in [0.2, 0.25) is 0 Å². The van der Waals surface area contributed by atoms with Crippen molar-refractivity contribution in [2.45, 2.75) is 6.42 Å². The first-order valence-corrected chi connectivity index (χ1v) is 16.3. The lowest BCUT2D eigenvalue weighted by Gasteiger charge is -2.20. The zero-order chi connectivity index (χ0) is 35.2. The third kappa shape index (κ3) is 5.26. The quantitative estimate of drug-likeness (QED) is 0.0564. The summed E-state index contributed by atoms with van der Waals surface area (Å²) in [6.45, 7) is 0. The maximum atomic E-state index is 13.4. The van der Waals surface area contributed by atoms with E-state index in [2.05, 4.69) is 10.6 Å². The molecule has 6 N–H and O–H groups in total. The van der Waals surface area contributed by atoms with Gasteiger partial charge in [-0.25, -0.2) is 0 Å². The molecule has 8 rings (SSSR count). The molecule has 0 unspecified atom stereocenters. The molecule has 0 bridgehead atoms. The van der Waals surface area contributed by atoms with E-state index in [0.717, 1.165) is 0 Å². The molecule has 0 saturated carbocycles. The second-order valence-corrected chi connectivity index (χ2v) is 12.3. The average molecular weight is 671 g/mol. The van der Waals surface area contributed by atoms with E-state index in [4.69, 9.17) is 0 Å². The third-order valence-corrected chi connectivity index (χ3v) is 9.32. The van der Waals surface area contributed by atoms with Crippen molar-refractivity contribution in [3.05, 3.63) is 150 Å². The summed E-state index contributed by atoms with van der Waals surface area (Å²) in [6.07, 6.45) is -0.0362. The van der Waals surface area contributed by atoms with Crippen LogP contribution in [0.3, 0.4) is 0 Å². The number of benzene rings is 8. The number of anilines is 3. The minimum atomic E-state index is -0.399. The molecule has 8 heteroatoms. The maximum Gasteiger partial charge on any atom is 0.255 e. The topological polar surface area (TPSA) is 139 Å². The Kier molecular flexibility index (Phi) is 7.61. The number of phenolic OH excluding ortho intramolecular Hbond substituents is 4. The van der Waals surface area contributed by atoms with E-state index in [1.807, 2.05) is 6.07 Å². The van der Waals surface area contributed by atoms with E-state index in [1.165, 1.54) is 0 Å². The number of aromatic hydroxyl groups is 4. The maximum absolute atomic E-state index is 13.4. The van der Waals surface area contributed by atoms with Gasteiger partial charge in [0.1, 0.15) is 23.0 Å². The van der Waals surface area contributed by atoms with Crippen LogP contribution in [-0.4, -0.2) is 32.1 Å². The highest BCUT2D eigenvalue weighted by Crippen LogP contribution is 2.50. The largest absolute Gasteiger partial charge is 0.507 e. The number of carbonyl (C=O) groups is 2. The molecule has 0 fully saturated rings. The van der Waals surface area contributed by atoms with Crippen LogP contribution >= 0.6 is 0 Å². The summed E-state index contributed by atoms with van der Waals surface area (Å²) in [5.41, 5.74) is 2.44. The molecule has 0 heterocycles. The predicted octanol–water partition coefficient (Wildman–Crippen LogP) is 9.54. The SMILES string of the molecule is O=C(Cc1ccc(Nc2ccc(NC(=O)c3ccccc3)c3c(O)c4ccccc4c(O)c23)c2c(O)c3ccccc3c(O)c12)c1ccccc1. The molecular weight excluding hydrogens is 640 g/mol. The Labute approximate surface area is 291 Å². The average Bonchev–Trinajstić information content (AvgIpc) is 3.17. The summed E-state index contributed by atoms with van der Waals surface area (Å²) in [4.78, 5) is 26.6. The van der Waals surface area contributed by atoms with Crippen molar-refractivity contribution in [1.82, 2.24) is 0 Å². The molecular formula is C43H30N2O6. The van der Waals surface area contributed by atoms with Gasteiger partial charge in [0, 0.05) is 44.5 Å². The van der Waals surface area contributed by atoms with Crippen LogP contribution in [0.1, 0.15) is 26.3 Å². The smallest absolute Gasteiger partial charge is 0.255 e. The molecule has 0 spiro atoms. The molecule has 248 valence electrons. The molecule has 1 amide bonds. The van der Waals surface area contributed by atoms with Gasteiger partial charge in [-0.1, -0.05) is 103 Å². The second-order valence-electron chi connectivity index (χ2n) is 12.3. The van der Waals surface area contributed by atoms with E-state index in [-0.39, 0.29) is 57.0 Å². The number of fused-ring (bicyclic) bond motifs is 4. The van der Waals surface area contributed by atoms with E-state index in [1.54, 1.807) is 127 Å². The molecule has 8 aromatic rings. The zero-order valence-electron chi connectivity index (χ0n) is 27.0. The van der Waals surface area contributed by atoms with Gasteiger partial charge < -0.3 is 31.1 Å². The number of nitrogens with one attached hydrogen (secondary N) is 2. The number of Topliss-reactive ketones (excluding diaryl/α,β-unsaturated/α-hetero) is 1. The van der Waals surface area contributed by atoms with Crippen LogP contribution in [-0.2, 0) is 6.42 Å². The van der Waals surface area contributed by atoms with E-state index in [0.29, 0.717) is 55.0 Å². The summed E-state index contributed by atoms with van der Waals surface area (Å²) in [6, 6.07) is 38.0. The van der Waals surface area contributed by atoms with Gasteiger partial charge in [-0.15, -0.1) is 0 Å². The number of ketones is 1. The Hall–Kier alpha value is -7.06. The van der Waals surface area contributed by atoms with Crippen LogP contribution < -0.4 is 10.6 Å². The van der Waals surface area contributed by atoms with E-state index in [9.17, 15) is 30.0 Å². The second kappa shape index (κ2) is 12.4.